The number of benzene rings is 1. The van der Waals surface area contributed by atoms with Crippen LogP contribution in [0.4, 0.5) is 0 Å². The average molecular weight is 298 g/mol. The first-order chi connectivity index (χ1) is 6.72. The molecule has 3 heteroatoms. The van der Waals surface area contributed by atoms with Crippen molar-refractivity contribution in [1.29, 1.82) is 5.26 Å². The Balaban J connectivity index is 2.58. The van der Waals surface area contributed by atoms with Crippen LogP contribution in [-0.4, -0.2) is 0 Å². The fourth-order valence-corrected chi connectivity index (χ4v) is 3.10. The molecule has 0 bridgehead atoms. The Kier molecular flexibility index (Phi) is 2.75. The third-order valence-corrected chi connectivity index (χ3v) is 3.57. The van der Waals surface area contributed by atoms with E-state index in [1.165, 1.54) is 11.1 Å². The highest BCUT2D eigenvalue weighted by Crippen LogP contribution is 2.32. The van der Waals surface area contributed by atoms with Crippen molar-refractivity contribution in [2.45, 2.75) is 25.3 Å². The van der Waals surface area contributed by atoms with E-state index in [0.29, 0.717) is 0 Å². The molecule has 0 unspecified atom stereocenters. The summed E-state index contributed by atoms with van der Waals surface area (Å²) < 4.78 is 1.14. The zero-order valence-electron chi connectivity index (χ0n) is 7.76. The Morgan fingerprint density at radius 2 is 2.29 bits per heavy atom. The molecule has 0 aromatic heterocycles. The molecule has 1 aromatic carbocycles. The lowest BCUT2D eigenvalue weighted by Crippen LogP contribution is -2.19. The van der Waals surface area contributed by atoms with Crippen molar-refractivity contribution < 1.29 is 0 Å². The largest absolute Gasteiger partial charge is 0.324 e. The second-order valence-corrected chi connectivity index (χ2v) is 4.80. The van der Waals surface area contributed by atoms with E-state index in [4.69, 9.17) is 11.0 Å². The molecule has 0 saturated carbocycles. The summed E-state index contributed by atoms with van der Waals surface area (Å²) in [6.07, 6.45) is 3.27. The third kappa shape index (κ3) is 1.64. The van der Waals surface area contributed by atoms with Gasteiger partial charge in [-0.2, -0.15) is 5.26 Å². The normalized spacial score (nSPS) is 19.9. The van der Waals surface area contributed by atoms with Crippen molar-refractivity contribution in [2.75, 3.05) is 0 Å². The van der Waals surface area contributed by atoms with Gasteiger partial charge in [-0.15, -0.1) is 0 Å². The molecule has 0 aliphatic heterocycles. The van der Waals surface area contributed by atoms with E-state index in [-0.39, 0.29) is 6.04 Å². The zero-order chi connectivity index (χ0) is 10.1. The zero-order valence-corrected chi connectivity index (χ0v) is 9.91. The summed E-state index contributed by atoms with van der Waals surface area (Å²) in [5.74, 6) is 0. The van der Waals surface area contributed by atoms with Crippen LogP contribution in [0.25, 0.3) is 0 Å². The molecule has 0 heterocycles. The lowest BCUT2D eigenvalue weighted by atomic mass is 9.87. The van der Waals surface area contributed by atoms with Gasteiger partial charge in [0.25, 0.3) is 0 Å². The number of hydrogen-bond acceptors (Lipinski definition) is 2. The first-order valence-corrected chi connectivity index (χ1v) is 5.78. The van der Waals surface area contributed by atoms with E-state index in [9.17, 15) is 0 Å². The molecule has 2 rings (SSSR count). The maximum atomic E-state index is 8.84. The van der Waals surface area contributed by atoms with Crippen LogP contribution in [0.1, 0.15) is 35.6 Å². The Morgan fingerprint density at radius 1 is 1.50 bits per heavy atom. The van der Waals surface area contributed by atoms with Crippen LogP contribution in [-0.2, 0) is 6.42 Å². The monoisotopic (exact) mass is 298 g/mol. The Bertz CT molecular complexity index is 406. The van der Waals surface area contributed by atoms with E-state index in [1.807, 2.05) is 12.1 Å². The van der Waals surface area contributed by atoms with Crippen molar-refractivity contribution in [3.8, 4) is 6.07 Å². The predicted octanol–water partition coefficient (Wildman–Crippen LogP) is 2.50. The van der Waals surface area contributed by atoms with Crippen LogP contribution in [0, 0.1) is 14.9 Å². The molecular formula is C11H11IN2. The van der Waals surface area contributed by atoms with Gasteiger partial charge in [-0.1, -0.05) is 0 Å². The molecular weight excluding hydrogens is 287 g/mol. The molecule has 0 fully saturated rings. The van der Waals surface area contributed by atoms with Crippen molar-refractivity contribution >= 4 is 22.6 Å². The quantitative estimate of drug-likeness (QED) is 0.748. The lowest BCUT2D eigenvalue weighted by molar-refractivity contribution is 0.567. The molecule has 2 nitrogen and oxygen atoms in total. The number of nitrogens with two attached hydrogens (primary N) is 1. The molecule has 0 radical (unpaired) electrons. The van der Waals surface area contributed by atoms with Gasteiger partial charge in [0.15, 0.2) is 0 Å². The molecule has 2 N–H and O–H groups in total. The van der Waals surface area contributed by atoms with Crippen LogP contribution in [0.15, 0.2) is 12.1 Å². The van der Waals surface area contributed by atoms with Gasteiger partial charge >= 0.3 is 0 Å². The first kappa shape index (κ1) is 9.94. The van der Waals surface area contributed by atoms with E-state index < -0.39 is 0 Å². The maximum absolute atomic E-state index is 8.84. The summed E-state index contributed by atoms with van der Waals surface area (Å²) in [4.78, 5) is 0. The highest BCUT2D eigenvalue weighted by Gasteiger charge is 2.19. The van der Waals surface area contributed by atoms with Gasteiger partial charge in [-0.25, -0.2) is 0 Å². The molecule has 1 aromatic rings. The Morgan fingerprint density at radius 3 is 3.00 bits per heavy atom. The van der Waals surface area contributed by atoms with Crippen LogP contribution < -0.4 is 5.73 Å². The van der Waals surface area contributed by atoms with Crippen molar-refractivity contribution in [3.63, 3.8) is 0 Å². The summed E-state index contributed by atoms with van der Waals surface area (Å²) in [5, 5.41) is 8.84. The second-order valence-electron chi connectivity index (χ2n) is 3.64. The number of fused-ring (bicyclic) bond motifs is 1. The minimum atomic E-state index is 0.165. The summed E-state index contributed by atoms with van der Waals surface area (Å²) in [6.45, 7) is 0. The number of hydrogen-bond donors (Lipinski definition) is 1. The van der Waals surface area contributed by atoms with Gasteiger partial charge < -0.3 is 5.73 Å². The minimum absolute atomic E-state index is 0.165. The maximum Gasteiger partial charge on any atom is 0.0992 e. The fourth-order valence-electron chi connectivity index (χ4n) is 2.02. The highest BCUT2D eigenvalue weighted by molar-refractivity contribution is 14.1. The summed E-state index contributed by atoms with van der Waals surface area (Å²) in [6, 6.07) is 6.26. The Hall–Kier alpha value is -0.600. The topological polar surface area (TPSA) is 49.8 Å². The van der Waals surface area contributed by atoms with E-state index >= 15 is 0 Å². The molecule has 0 amide bonds. The molecule has 0 spiro atoms. The summed E-state index contributed by atoms with van der Waals surface area (Å²) in [7, 11) is 0. The smallest absolute Gasteiger partial charge is 0.0992 e. The molecule has 0 saturated heterocycles. The Labute approximate surface area is 97.2 Å². The highest BCUT2D eigenvalue weighted by atomic mass is 127. The molecule has 1 aliphatic carbocycles. The number of nitriles is 1. The molecule has 1 aliphatic rings. The average Bonchev–Trinajstić information content (AvgIpc) is 2.17. The molecule has 1 atom stereocenters. The van der Waals surface area contributed by atoms with Crippen molar-refractivity contribution in [2.24, 2.45) is 5.73 Å². The number of nitrogens with zero attached hydrogens (tertiary/aromatic N) is 1. The van der Waals surface area contributed by atoms with Gasteiger partial charge in [0.1, 0.15) is 0 Å². The van der Waals surface area contributed by atoms with Crippen molar-refractivity contribution in [1.82, 2.24) is 0 Å². The van der Waals surface area contributed by atoms with Gasteiger partial charge in [0.2, 0.25) is 0 Å². The SMILES string of the molecule is N#Cc1cc(I)c2c(c1)CCC[C@@H]2N. The fraction of sp³-hybridized carbons (Fsp3) is 0.364. The predicted molar refractivity (Wildman–Crippen MR) is 63.7 cm³/mol. The van der Waals surface area contributed by atoms with Gasteiger partial charge in [0.05, 0.1) is 11.6 Å². The van der Waals surface area contributed by atoms with Gasteiger partial charge in [0, 0.05) is 9.61 Å². The summed E-state index contributed by atoms with van der Waals surface area (Å²) in [5.41, 5.74) is 9.33. The van der Waals surface area contributed by atoms with Gasteiger partial charge in [-0.3, -0.25) is 0 Å². The lowest BCUT2D eigenvalue weighted by Gasteiger charge is -2.23. The minimum Gasteiger partial charge on any atom is -0.324 e. The van der Waals surface area contributed by atoms with Crippen LogP contribution in [0.3, 0.4) is 0 Å². The number of rotatable bonds is 0. The summed E-state index contributed by atoms with van der Waals surface area (Å²) >= 11 is 2.28. The van der Waals surface area contributed by atoms with E-state index in [0.717, 1.165) is 28.4 Å². The van der Waals surface area contributed by atoms with E-state index in [2.05, 4.69) is 28.7 Å². The molecule has 72 valence electrons. The van der Waals surface area contributed by atoms with Crippen LogP contribution in [0.5, 0.6) is 0 Å². The number of halogens is 1. The van der Waals surface area contributed by atoms with Gasteiger partial charge in [-0.05, 0) is 65.1 Å². The third-order valence-electron chi connectivity index (χ3n) is 2.68. The van der Waals surface area contributed by atoms with Crippen molar-refractivity contribution in [3.05, 3.63) is 32.4 Å². The standard InChI is InChI=1S/C11H11IN2/c12-9-5-7(6-13)4-8-2-1-3-10(14)11(8)9/h4-5,10H,1-3,14H2/t10-/m0/s1. The number of aryl methyl sites for hydroxylation is 1. The first-order valence-electron chi connectivity index (χ1n) is 4.70. The van der Waals surface area contributed by atoms with E-state index in [1.54, 1.807) is 0 Å². The van der Waals surface area contributed by atoms with Crippen LogP contribution >= 0.6 is 22.6 Å². The van der Waals surface area contributed by atoms with Crippen LogP contribution in [0.2, 0.25) is 0 Å². The molecule has 14 heavy (non-hydrogen) atoms. The second kappa shape index (κ2) is 3.87.